The SMILES string of the molecule is CCCCC1NCN(C2CCCSC2)C1=O. The van der Waals surface area contributed by atoms with Crippen LogP contribution in [0, 0.1) is 0 Å². The Morgan fingerprint density at radius 3 is 3.12 bits per heavy atom. The normalized spacial score (nSPS) is 31.1. The third-order valence-electron chi connectivity index (χ3n) is 3.51. The van der Waals surface area contributed by atoms with Gasteiger partial charge in [-0.3, -0.25) is 10.1 Å². The monoisotopic (exact) mass is 242 g/mol. The van der Waals surface area contributed by atoms with E-state index in [2.05, 4.69) is 17.1 Å². The van der Waals surface area contributed by atoms with E-state index >= 15 is 0 Å². The maximum absolute atomic E-state index is 12.2. The number of nitrogens with zero attached hydrogens (tertiary/aromatic N) is 1. The highest BCUT2D eigenvalue weighted by Crippen LogP contribution is 2.24. The van der Waals surface area contributed by atoms with Crippen LogP contribution in [0.1, 0.15) is 39.0 Å². The van der Waals surface area contributed by atoms with Crippen LogP contribution in [0.25, 0.3) is 0 Å². The second-order valence-electron chi connectivity index (χ2n) is 4.74. The molecule has 2 saturated heterocycles. The van der Waals surface area contributed by atoms with Crippen molar-refractivity contribution in [2.75, 3.05) is 18.2 Å². The molecule has 2 aliphatic heterocycles. The van der Waals surface area contributed by atoms with Crippen molar-refractivity contribution >= 4 is 17.7 Å². The molecule has 1 N–H and O–H groups in total. The van der Waals surface area contributed by atoms with Crippen molar-refractivity contribution in [3.05, 3.63) is 0 Å². The number of hydrogen-bond acceptors (Lipinski definition) is 3. The molecule has 0 aromatic rings. The van der Waals surface area contributed by atoms with Gasteiger partial charge in [0.25, 0.3) is 0 Å². The summed E-state index contributed by atoms with van der Waals surface area (Å²) in [7, 11) is 0. The van der Waals surface area contributed by atoms with Crippen molar-refractivity contribution in [2.24, 2.45) is 0 Å². The molecule has 0 aromatic heterocycles. The summed E-state index contributed by atoms with van der Waals surface area (Å²) in [5, 5.41) is 3.36. The van der Waals surface area contributed by atoms with Gasteiger partial charge in [0.2, 0.25) is 5.91 Å². The summed E-state index contributed by atoms with van der Waals surface area (Å²) >= 11 is 1.99. The van der Waals surface area contributed by atoms with Gasteiger partial charge in [-0.2, -0.15) is 11.8 Å². The van der Waals surface area contributed by atoms with Gasteiger partial charge in [0, 0.05) is 11.8 Å². The van der Waals surface area contributed by atoms with Crippen molar-refractivity contribution in [3.8, 4) is 0 Å². The first kappa shape index (κ1) is 12.2. The van der Waals surface area contributed by atoms with Crippen molar-refractivity contribution in [1.82, 2.24) is 10.2 Å². The molecule has 2 rings (SSSR count). The summed E-state index contributed by atoms with van der Waals surface area (Å²) in [5.41, 5.74) is 0. The summed E-state index contributed by atoms with van der Waals surface area (Å²) < 4.78 is 0. The fraction of sp³-hybridized carbons (Fsp3) is 0.917. The van der Waals surface area contributed by atoms with Gasteiger partial charge >= 0.3 is 0 Å². The van der Waals surface area contributed by atoms with E-state index in [1.807, 2.05) is 11.8 Å². The largest absolute Gasteiger partial charge is 0.325 e. The zero-order chi connectivity index (χ0) is 11.4. The molecule has 0 aliphatic carbocycles. The van der Waals surface area contributed by atoms with E-state index in [9.17, 15) is 4.79 Å². The van der Waals surface area contributed by atoms with Crippen LogP contribution in [0.3, 0.4) is 0 Å². The smallest absolute Gasteiger partial charge is 0.241 e. The molecule has 92 valence electrons. The Morgan fingerprint density at radius 2 is 2.44 bits per heavy atom. The van der Waals surface area contributed by atoms with Crippen molar-refractivity contribution < 1.29 is 4.79 Å². The summed E-state index contributed by atoms with van der Waals surface area (Å²) in [6.45, 7) is 2.95. The van der Waals surface area contributed by atoms with Crippen molar-refractivity contribution in [3.63, 3.8) is 0 Å². The predicted octanol–water partition coefficient (Wildman–Crippen LogP) is 1.83. The fourth-order valence-corrected chi connectivity index (χ4v) is 3.64. The van der Waals surface area contributed by atoms with Gasteiger partial charge in [-0.1, -0.05) is 19.8 Å². The van der Waals surface area contributed by atoms with E-state index in [0.29, 0.717) is 11.9 Å². The van der Waals surface area contributed by atoms with Crippen LogP contribution < -0.4 is 5.32 Å². The minimum Gasteiger partial charge on any atom is -0.325 e. The molecule has 0 saturated carbocycles. The average Bonchev–Trinajstić information content (AvgIpc) is 2.69. The number of rotatable bonds is 4. The lowest BCUT2D eigenvalue weighted by atomic mass is 10.1. The molecule has 0 spiro atoms. The molecule has 1 amide bonds. The van der Waals surface area contributed by atoms with Crippen LogP contribution in [0.2, 0.25) is 0 Å². The standard InChI is InChI=1S/C12H22N2OS/c1-2-3-6-11-12(15)14(9-13-11)10-5-4-7-16-8-10/h10-11,13H,2-9H2,1H3. The number of carbonyl (C=O) groups is 1. The number of unbranched alkanes of at least 4 members (excludes halogenated alkanes) is 1. The van der Waals surface area contributed by atoms with Gasteiger partial charge in [0.1, 0.15) is 0 Å². The Hall–Kier alpha value is -0.220. The van der Waals surface area contributed by atoms with Crippen LogP contribution >= 0.6 is 11.8 Å². The molecule has 0 radical (unpaired) electrons. The molecule has 4 heteroatoms. The molecule has 2 heterocycles. The summed E-state index contributed by atoms with van der Waals surface area (Å²) in [4.78, 5) is 14.2. The topological polar surface area (TPSA) is 32.3 Å². The van der Waals surface area contributed by atoms with E-state index in [1.165, 1.54) is 25.0 Å². The molecular formula is C12H22N2OS. The minimum absolute atomic E-state index is 0.104. The Labute approximate surface area is 102 Å². The first-order valence-corrected chi connectivity index (χ1v) is 7.60. The fourth-order valence-electron chi connectivity index (χ4n) is 2.49. The van der Waals surface area contributed by atoms with Gasteiger partial charge in [-0.15, -0.1) is 0 Å². The Kier molecular flexibility index (Phi) is 4.53. The highest BCUT2D eigenvalue weighted by atomic mass is 32.2. The minimum atomic E-state index is 0.104. The van der Waals surface area contributed by atoms with Gasteiger partial charge in [-0.05, 0) is 25.0 Å². The van der Waals surface area contributed by atoms with E-state index in [4.69, 9.17) is 0 Å². The third kappa shape index (κ3) is 2.72. The van der Waals surface area contributed by atoms with Crippen LogP contribution in [-0.2, 0) is 4.79 Å². The van der Waals surface area contributed by atoms with Crippen molar-refractivity contribution in [2.45, 2.75) is 51.1 Å². The second-order valence-corrected chi connectivity index (χ2v) is 5.89. The quantitative estimate of drug-likeness (QED) is 0.816. The van der Waals surface area contributed by atoms with Crippen LogP contribution in [-0.4, -0.2) is 41.1 Å². The Morgan fingerprint density at radius 1 is 1.56 bits per heavy atom. The number of hydrogen-bond donors (Lipinski definition) is 1. The van der Waals surface area contributed by atoms with E-state index in [-0.39, 0.29) is 6.04 Å². The lowest BCUT2D eigenvalue weighted by molar-refractivity contribution is -0.130. The molecule has 2 aliphatic rings. The van der Waals surface area contributed by atoms with Gasteiger partial charge in [0.15, 0.2) is 0 Å². The zero-order valence-corrected chi connectivity index (χ0v) is 10.9. The van der Waals surface area contributed by atoms with Gasteiger partial charge in [-0.25, -0.2) is 0 Å². The van der Waals surface area contributed by atoms with E-state index in [0.717, 1.165) is 25.3 Å². The Bertz CT molecular complexity index is 241. The molecule has 2 fully saturated rings. The number of thioether (sulfide) groups is 1. The summed E-state index contributed by atoms with van der Waals surface area (Å²) in [5.74, 6) is 2.75. The average molecular weight is 242 g/mol. The third-order valence-corrected chi connectivity index (χ3v) is 4.71. The number of carbonyl (C=O) groups excluding carboxylic acids is 1. The highest BCUT2D eigenvalue weighted by Gasteiger charge is 2.35. The molecule has 16 heavy (non-hydrogen) atoms. The molecular weight excluding hydrogens is 220 g/mol. The lowest BCUT2D eigenvalue weighted by Crippen LogP contribution is -2.41. The highest BCUT2D eigenvalue weighted by molar-refractivity contribution is 7.99. The van der Waals surface area contributed by atoms with E-state index < -0.39 is 0 Å². The van der Waals surface area contributed by atoms with E-state index in [1.54, 1.807) is 0 Å². The maximum Gasteiger partial charge on any atom is 0.241 e. The number of amides is 1. The van der Waals surface area contributed by atoms with Crippen LogP contribution in [0.4, 0.5) is 0 Å². The molecule has 2 unspecified atom stereocenters. The second kappa shape index (κ2) is 5.92. The predicted molar refractivity (Wildman–Crippen MR) is 68.5 cm³/mol. The molecule has 0 bridgehead atoms. The first-order chi connectivity index (χ1) is 7.83. The summed E-state index contributed by atoms with van der Waals surface area (Å²) in [6, 6.07) is 0.595. The molecule has 0 aromatic carbocycles. The van der Waals surface area contributed by atoms with Crippen LogP contribution in [0.5, 0.6) is 0 Å². The lowest BCUT2D eigenvalue weighted by Gasteiger charge is -2.30. The van der Waals surface area contributed by atoms with Gasteiger partial charge in [0.05, 0.1) is 12.7 Å². The Balaban J connectivity index is 1.85. The van der Waals surface area contributed by atoms with Crippen molar-refractivity contribution in [1.29, 1.82) is 0 Å². The molecule has 3 nitrogen and oxygen atoms in total. The van der Waals surface area contributed by atoms with Gasteiger partial charge < -0.3 is 4.90 Å². The van der Waals surface area contributed by atoms with Crippen LogP contribution in [0.15, 0.2) is 0 Å². The first-order valence-electron chi connectivity index (χ1n) is 6.44. The maximum atomic E-state index is 12.2. The summed E-state index contributed by atoms with van der Waals surface area (Å²) in [6.07, 6.45) is 5.78. The zero-order valence-electron chi connectivity index (χ0n) is 10.1. The molecule has 2 atom stereocenters. The number of nitrogens with one attached hydrogen (secondary N) is 1.